The summed E-state index contributed by atoms with van der Waals surface area (Å²) in [5, 5.41) is 13.3. The van der Waals surface area contributed by atoms with E-state index >= 15 is 0 Å². The van der Waals surface area contributed by atoms with Gasteiger partial charge >= 0.3 is 5.97 Å². The molecule has 0 spiro atoms. The molecule has 23 heavy (non-hydrogen) atoms. The standard InChI is InChI=1S/C12H21N5O6/c1-5(13)10(20)16-6(2-3-8(14)18)11(21)17-7(12(22)23)4-9(15)19/h5-7H,2-4,13H2,1H3,(H2,14,18)(H2,15,19)(H,16,20)(H,17,21)(H,22,23). The second-order valence-electron chi connectivity index (χ2n) is 4.92. The van der Waals surface area contributed by atoms with Crippen LogP contribution in [-0.4, -0.2) is 52.8 Å². The normalized spacial score (nSPS) is 14.2. The zero-order valence-corrected chi connectivity index (χ0v) is 12.6. The molecule has 11 nitrogen and oxygen atoms in total. The molecule has 0 aliphatic rings. The molecule has 130 valence electrons. The largest absolute Gasteiger partial charge is 0.480 e. The Morgan fingerprint density at radius 2 is 1.48 bits per heavy atom. The van der Waals surface area contributed by atoms with E-state index in [0.717, 1.165) is 0 Å². The van der Waals surface area contributed by atoms with Crippen LogP contribution in [0.3, 0.4) is 0 Å². The van der Waals surface area contributed by atoms with Crippen LogP contribution in [0.2, 0.25) is 0 Å². The third-order valence-corrected chi connectivity index (χ3v) is 2.75. The quantitative estimate of drug-likeness (QED) is 0.238. The van der Waals surface area contributed by atoms with Gasteiger partial charge in [-0.1, -0.05) is 0 Å². The second-order valence-corrected chi connectivity index (χ2v) is 4.92. The van der Waals surface area contributed by atoms with Crippen LogP contribution >= 0.6 is 0 Å². The van der Waals surface area contributed by atoms with E-state index in [4.69, 9.17) is 22.3 Å². The van der Waals surface area contributed by atoms with Crippen molar-refractivity contribution < 1.29 is 29.1 Å². The third kappa shape index (κ3) is 8.36. The van der Waals surface area contributed by atoms with Crippen LogP contribution in [0.1, 0.15) is 26.2 Å². The third-order valence-electron chi connectivity index (χ3n) is 2.75. The molecule has 0 saturated heterocycles. The minimum Gasteiger partial charge on any atom is -0.480 e. The minimum atomic E-state index is -1.55. The van der Waals surface area contributed by atoms with Crippen LogP contribution in [0.25, 0.3) is 0 Å². The average molecular weight is 331 g/mol. The molecule has 0 saturated carbocycles. The van der Waals surface area contributed by atoms with Gasteiger partial charge in [0.15, 0.2) is 0 Å². The molecule has 0 aliphatic heterocycles. The van der Waals surface area contributed by atoms with Gasteiger partial charge in [-0.3, -0.25) is 19.2 Å². The number of carbonyl (C=O) groups is 5. The number of primary amides is 2. The summed E-state index contributed by atoms with van der Waals surface area (Å²) in [6.07, 6.45) is -0.988. The Balaban J connectivity index is 5.00. The predicted octanol–water partition coefficient (Wildman–Crippen LogP) is -3.47. The number of hydrogen-bond acceptors (Lipinski definition) is 6. The van der Waals surface area contributed by atoms with Gasteiger partial charge in [0.25, 0.3) is 0 Å². The first-order chi connectivity index (χ1) is 10.5. The number of rotatable bonds is 10. The van der Waals surface area contributed by atoms with Crippen molar-refractivity contribution in [2.45, 2.75) is 44.3 Å². The van der Waals surface area contributed by atoms with Crippen LogP contribution < -0.4 is 27.8 Å². The van der Waals surface area contributed by atoms with Crippen molar-refractivity contribution in [3.63, 3.8) is 0 Å². The molecular formula is C12H21N5O6. The molecule has 3 unspecified atom stereocenters. The summed E-state index contributed by atoms with van der Waals surface area (Å²) in [7, 11) is 0. The van der Waals surface area contributed by atoms with Crippen molar-refractivity contribution in [2.24, 2.45) is 17.2 Å². The summed E-state index contributed by atoms with van der Waals surface area (Å²) in [5.74, 6) is -4.66. The lowest BCUT2D eigenvalue weighted by Crippen LogP contribution is -2.54. The lowest BCUT2D eigenvalue weighted by atomic mass is 10.1. The summed E-state index contributed by atoms with van der Waals surface area (Å²) in [6.45, 7) is 1.38. The molecule has 0 aromatic rings. The monoisotopic (exact) mass is 331 g/mol. The molecule has 0 radical (unpaired) electrons. The highest BCUT2D eigenvalue weighted by Crippen LogP contribution is 2.01. The zero-order chi connectivity index (χ0) is 18.2. The summed E-state index contributed by atoms with van der Waals surface area (Å²) in [6, 6.07) is -3.70. The van der Waals surface area contributed by atoms with Gasteiger partial charge in [-0.25, -0.2) is 4.79 Å². The molecule has 0 aromatic carbocycles. The maximum Gasteiger partial charge on any atom is 0.326 e. The first-order valence-corrected chi connectivity index (χ1v) is 6.70. The number of hydrogen-bond donors (Lipinski definition) is 6. The lowest BCUT2D eigenvalue weighted by Gasteiger charge is -2.21. The summed E-state index contributed by atoms with van der Waals surface area (Å²) < 4.78 is 0. The van der Waals surface area contributed by atoms with E-state index in [9.17, 15) is 24.0 Å². The van der Waals surface area contributed by atoms with Gasteiger partial charge < -0.3 is 32.9 Å². The van der Waals surface area contributed by atoms with E-state index in [-0.39, 0.29) is 12.8 Å². The Hall–Kier alpha value is -2.69. The highest BCUT2D eigenvalue weighted by molar-refractivity contribution is 5.93. The van der Waals surface area contributed by atoms with Gasteiger partial charge in [0.1, 0.15) is 12.1 Å². The smallest absolute Gasteiger partial charge is 0.326 e. The fourth-order valence-corrected chi connectivity index (χ4v) is 1.53. The summed E-state index contributed by atoms with van der Waals surface area (Å²) in [4.78, 5) is 56.3. The van der Waals surface area contributed by atoms with E-state index < -0.39 is 54.1 Å². The Kier molecular flexibility index (Phi) is 8.26. The topological polar surface area (TPSA) is 208 Å². The second kappa shape index (κ2) is 9.35. The molecule has 0 bridgehead atoms. The van der Waals surface area contributed by atoms with Crippen molar-refractivity contribution >= 4 is 29.6 Å². The molecular weight excluding hydrogens is 310 g/mol. The van der Waals surface area contributed by atoms with Crippen molar-refractivity contribution in [1.82, 2.24) is 10.6 Å². The van der Waals surface area contributed by atoms with Crippen molar-refractivity contribution in [3.05, 3.63) is 0 Å². The Morgan fingerprint density at radius 3 is 1.87 bits per heavy atom. The van der Waals surface area contributed by atoms with Gasteiger partial charge in [-0.15, -0.1) is 0 Å². The van der Waals surface area contributed by atoms with Gasteiger partial charge in [0, 0.05) is 6.42 Å². The van der Waals surface area contributed by atoms with Gasteiger partial charge in [0.2, 0.25) is 23.6 Å². The van der Waals surface area contributed by atoms with Crippen molar-refractivity contribution in [2.75, 3.05) is 0 Å². The maximum absolute atomic E-state index is 12.1. The molecule has 11 heteroatoms. The Morgan fingerprint density at radius 1 is 0.957 bits per heavy atom. The average Bonchev–Trinajstić information content (AvgIpc) is 2.41. The van der Waals surface area contributed by atoms with Gasteiger partial charge in [-0.05, 0) is 13.3 Å². The SMILES string of the molecule is CC(N)C(=O)NC(CCC(N)=O)C(=O)NC(CC(N)=O)C(=O)O. The number of nitrogens with two attached hydrogens (primary N) is 3. The van der Waals surface area contributed by atoms with E-state index in [1.165, 1.54) is 6.92 Å². The van der Waals surface area contributed by atoms with Crippen LogP contribution in [0, 0.1) is 0 Å². The highest BCUT2D eigenvalue weighted by atomic mass is 16.4. The number of nitrogens with one attached hydrogen (secondary N) is 2. The van der Waals surface area contributed by atoms with Crippen molar-refractivity contribution in [3.8, 4) is 0 Å². The minimum absolute atomic E-state index is 0.150. The molecule has 0 aromatic heterocycles. The molecule has 0 aliphatic carbocycles. The van der Waals surface area contributed by atoms with E-state index in [2.05, 4.69) is 10.6 Å². The van der Waals surface area contributed by atoms with Crippen LogP contribution in [0.4, 0.5) is 0 Å². The first kappa shape index (κ1) is 20.3. The van der Waals surface area contributed by atoms with E-state index in [1.54, 1.807) is 0 Å². The fourth-order valence-electron chi connectivity index (χ4n) is 1.53. The molecule has 0 fully saturated rings. The van der Waals surface area contributed by atoms with E-state index in [0.29, 0.717) is 0 Å². The van der Waals surface area contributed by atoms with Crippen LogP contribution in [0.15, 0.2) is 0 Å². The number of carboxylic acids is 1. The van der Waals surface area contributed by atoms with E-state index in [1.807, 2.05) is 0 Å². The molecule has 3 atom stereocenters. The van der Waals surface area contributed by atoms with Crippen LogP contribution in [0.5, 0.6) is 0 Å². The molecule has 9 N–H and O–H groups in total. The summed E-state index contributed by atoms with van der Waals surface area (Å²) in [5.41, 5.74) is 15.2. The number of amides is 4. The Labute approximate surface area is 131 Å². The molecule has 0 heterocycles. The van der Waals surface area contributed by atoms with Gasteiger partial charge in [-0.2, -0.15) is 0 Å². The first-order valence-electron chi connectivity index (χ1n) is 6.70. The lowest BCUT2D eigenvalue weighted by molar-refractivity contribution is -0.143. The number of carboxylic acid groups (broad SMARTS) is 1. The molecule has 4 amide bonds. The number of aliphatic carboxylic acids is 1. The Bertz CT molecular complexity index is 492. The number of carbonyl (C=O) groups excluding carboxylic acids is 4. The maximum atomic E-state index is 12.1. The molecule has 0 rings (SSSR count). The fraction of sp³-hybridized carbons (Fsp3) is 0.583. The van der Waals surface area contributed by atoms with Gasteiger partial charge in [0.05, 0.1) is 12.5 Å². The summed E-state index contributed by atoms with van der Waals surface area (Å²) >= 11 is 0. The highest BCUT2D eigenvalue weighted by Gasteiger charge is 2.28. The van der Waals surface area contributed by atoms with Crippen LogP contribution in [-0.2, 0) is 24.0 Å². The van der Waals surface area contributed by atoms with Crippen molar-refractivity contribution in [1.29, 1.82) is 0 Å². The predicted molar refractivity (Wildman–Crippen MR) is 77.4 cm³/mol. The zero-order valence-electron chi connectivity index (χ0n) is 12.6.